The monoisotopic (exact) mass is 184 g/mol. The standard InChI is InChI=1S/C10H8N4/c1-8-3-4-9(7-11)10(13-8)14-6-2-5-12-14/h2-6H,1H3. The van der Waals surface area contributed by atoms with Crippen LogP contribution in [0.1, 0.15) is 11.3 Å². The van der Waals surface area contributed by atoms with Crippen molar-refractivity contribution in [3.05, 3.63) is 41.9 Å². The van der Waals surface area contributed by atoms with Crippen molar-refractivity contribution in [2.75, 3.05) is 0 Å². The molecular formula is C10H8N4. The van der Waals surface area contributed by atoms with Gasteiger partial charge < -0.3 is 0 Å². The van der Waals surface area contributed by atoms with Gasteiger partial charge >= 0.3 is 0 Å². The van der Waals surface area contributed by atoms with Crippen molar-refractivity contribution >= 4 is 0 Å². The smallest absolute Gasteiger partial charge is 0.171 e. The Bertz CT molecular complexity index is 479. The van der Waals surface area contributed by atoms with Crippen LogP contribution in [0.5, 0.6) is 0 Å². The van der Waals surface area contributed by atoms with Gasteiger partial charge in [0.2, 0.25) is 0 Å². The van der Waals surface area contributed by atoms with Crippen molar-refractivity contribution in [3.8, 4) is 11.9 Å². The fraction of sp³-hybridized carbons (Fsp3) is 0.100. The lowest BCUT2D eigenvalue weighted by molar-refractivity contribution is 0.837. The number of hydrogen-bond acceptors (Lipinski definition) is 3. The Kier molecular flexibility index (Phi) is 1.99. The Morgan fingerprint density at radius 2 is 2.29 bits per heavy atom. The molecule has 0 bridgehead atoms. The number of rotatable bonds is 1. The van der Waals surface area contributed by atoms with E-state index in [4.69, 9.17) is 5.26 Å². The van der Waals surface area contributed by atoms with Gasteiger partial charge in [-0.25, -0.2) is 9.67 Å². The van der Waals surface area contributed by atoms with Gasteiger partial charge in [-0.15, -0.1) is 0 Å². The Hall–Kier alpha value is -2.15. The van der Waals surface area contributed by atoms with Crippen molar-refractivity contribution in [2.24, 2.45) is 0 Å². The second-order valence-corrected chi connectivity index (χ2v) is 2.89. The Labute approximate surface area is 81.4 Å². The summed E-state index contributed by atoms with van der Waals surface area (Å²) in [7, 11) is 0. The minimum Gasteiger partial charge on any atom is -0.233 e. The lowest BCUT2D eigenvalue weighted by Gasteiger charge is -2.03. The van der Waals surface area contributed by atoms with Gasteiger partial charge in [0.25, 0.3) is 0 Å². The van der Waals surface area contributed by atoms with Crippen molar-refractivity contribution in [1.29, 1.82) is 5.26 Å². The molecule has 0 saturated carbocycles. The number of aryl methyl sites for hydroxylation is 1. The summed E-state index contributed by atoms with van der Waals surface area (Å²) in [4.78, 5) is 4.26. The third-order valence-electron chi connectivity index (χ3n) is 1.86. The van der Waals surface area contributed by atoms with Crippen LogP contribution in [0.25, 0.3) is 5.82 Å². The van der Waals surface area contributed by atoms with E-state index in [0.717, 1.165) is 5.69 Å². The Morgan fingerprint density at radius 1 is 1.43 bits per heavy atom. The molecule has 0 radical (unpaired) electrons. The van der Waals surface area contributed by atoms with Crippen LogP contribution in [-0.4, -0.2) is 14.8 Å². The minimum absolute atomic E-state index is 0.527. The summed E-state index contributed by atoms with van der Waals surface area (Å²) in [5.74, 6) is 0.581. The van der Waals surface area contributed by atoms with Crippen molar-refractivity contribution in [1.82, 2.24) is 14.8 Å². The molecule has 2 rings (SSSR count). The fourth-order valence-corrected chi connectivity index (χ4v) is 1.20. The van der Waals surface area contributed by atoms with Crippen molar-refractivity contribution in [2.45, 2.75) is 6.92 Å². The summed E-state index contributed by atoms with van der Waals surface area (Å²) >= 11 is 0. The Balaban J connectivity index is 2.63. The van der Waals surface area contributed by atoms with Gasteiger partial charge in [-0.1, -0.05) is 0 Å². The van der Waals surface area contributed by atoms with Gasteiger partial charge in [-0.3, -0.25) is 0 Å². The molecule has 0 N–H and O–H groups in total. The van der Waals surface area contributed by atoms with E-state index in [2.05, 4.69) is 16.2 Å². The zero-order valence-corrected chi connectivity index (χ0v) is 7.68. The number of aromatic nitrogens is 3. The van der Waals surface area contributed by atoms with Crippen LogP contribution < -0.4 is 0 Å². The van der Waals surface area contributed by atoms with E-state index < -0.39 is 0 Å². The molecule has 0 aliphatic heterocycles. The summed E-state index contributed by atoms with van der Waals surface area (Å²) in [6, 6.07) is 7.44. The molecular weight excluding hydrogens is 176 g/mol. The first-order valence-corrected chi connectivity index (χ1v) is 4.19. The highest BCUT2D eigenvalue weighted by atomic mass is 15.3. The molecule has 0 fully saturated rings. The van der Waals surface area contributed by atoms with E-state index in [1.807, 2.05) is 13.0 Å². The number of nitriles is 1. The van der Waals surface area contributed by atoms with Crippen LogP contribution in [0, 0.1) is 18.3 Å². The highest BCUT2D eigenvalue weighted by Gasteiger charge is 2.05. The van der Waals surface area contributed by atoms with Gasteiger partial charge in [-0.2, -0.15) is 10.4 Å². The van der Waals surface area contributed by atoms with Crippen molar-refractivity contribution in [3.63, 3.8) is 0 Å². The van der Waals surface area contributed by atoms with Crippen LogP contribution in [0.4, 0.5) is 0 Å². The quantitative estimate of drug-likeness (QED) is 0.674. The molecule has 14 heavy (non-hydrogen) atoms. The first-order chi connectivity index (χ1) is 6.81. The van der Waals surface area contributed by atoms with E-state index in [0.29, 0.717) is 11.4 Å². The lowest BCUT2D eigenvalue weighted by Crippen LogP contribution is -2.02. The van der Waals surface area contributed by atoms with Crippen LogP contribution in [-0.2, 0) is 0 Å². The van der Waals surface area contributed by atoms with Crippen LogP contribution in [0.3, 0.4) is 0 Å². The van der Waals surface area contributed by atoms with Gasteiger partial charge in [0.1, 0.15) is 6.07 Å². The number of pyridine rings is 1. The molecule has 0 aliphatic rings. The summed E-state index contributed by atoms with van der Waals surface area (Å²) in [5, 5.41) is 12.9. The second-order valence-electron chi connectivity index (χ2n) is 2.89. The van der Waals surface area contributed by atoms with Crippen molar-refractivity contribution < 1.29 is 0 Å². The molecule has 4 nitrogen and oxygen atoms in total. The highest BCUT2D eigenvalue weighted by molar-refractivity contribution is 5.43. The van der Waals surface area contributed by atoms with E-state index in [9.17, 15) is 0 Å². The zero-order chi connectivity index (χ0) is 9.97. The maximum Gasteiger partial charge on any atom is 0.171 e. The van der Waals surface area contributed by atoms with Gasteiger partial charge in [0.05, 0.1) is 5.56 Å². The SMILES string of the molecule is Cc1ccc(C#N)c(-n2cccn2)n1. The predicted octanol–water partition coefficient (Wildman–Crippen LogP) is 1.45. The number of nitrogens with zero attached hydrogens (tertiary/aromatic N) is 4. The average molecular weight is 184 g/mol. The van der Waals surface area contributed by atoms with Gasteiger partial charge in [0.15, 0.2) is 5.82 Å². The molecule has 0 amide bonds. The first kappa shape index (κ1) is 8.45. The minimum atomic E-state index is 0.527. The van der Waals surface area contributed by atoms with E-state index in [1.54, 1.807) is 29.2 Å². The largest absolute Gasteiger partial charge is 0.233 e. The van der Waals surface area contributed by atoms with Crippen LogP contribution >= 0.6 is 0 Å². The first-order valence-electron chi connectivity index (χ1n) is 4.19. The third kappa shape index (κ3) is 1.36. The molecule has 2 aromatic rings. The van der Waals surface area contributed by atoms with E-state index >= 15 is 0 Å². The topological polar surface area (TPSA) is 54.5 Å². The molecule has 0 unspecified atom stereocenters. The van der Waals surface area contributed by atoms with Crippen LogP contribution in [0.15, 0.2) is 30.6 Å². The third-order valence-corrected chi connectivity index (χ3v) is 1.86. The molecule has 2 aromatic heterocycles. The summed E-state index contributed by atoms with van der Waals surface area (Å²) in [5.41, 5.74) is 1.40. The molecule has 2 heterocycles. The second kappa shape index (κ2) is 3.30. The molecule has 0 aromatic carbocycles. The van der Waals surface area contributed by atoms with Gasteiger partial charge in [0, 0.05) is 18.1 Å². The zero-order valence-electron chi connectivity index (χ0n) is 7.68. The predicted molar refractivity (Wildman–Crippen MR) is 50.8 cm³/mol. The molecule has 0 aliphatic carbocycles. The van der Waals surface area contributed by atoms with Crippen LogP contribution in [0.2, 0.25) is 0 Å². The molecule has 0 spiro atoms. The maximum absolute atomic E-state index is 8.88. The maximum atomic E-state index is 8.88. The number of hydrogen-bond donors (Lipinski definition) is 0. The summed E-state index contributed by atoms with van der Waals surface area (Å²) in [6.45, 7) is 1.88. The summed E-state index contributed by atoms with van der Waals surface area (Å²) in [6.07, 6.45) is 3.42. The highest BCUT2D eigenvalue weighted by Crippen LogP contribution is 2.10. The molecule has 0 saturated heterocycles. The van der Waals surface area contributed by atoms with E-state index in [-0.39, 0.29) is 0 Å². The summed E-state index contributed by atoms with van der Waals surface area (Å²) < 4.78 is 1.59. The lowest BCUT2D eigenvalue weighted by atomic mass is 10.2. The average Bonchev–Trinajstić information content (AvgIpc) is 2.70. The molecule has 68 valence electrons. The normalized spacial score (nSPS) is 9.71. The molecule has 0 atom stereocenters. The van der Waals surface area contributed by atoms with Gasteiger partial charge in [-0.05, 0) is 25.1 Å². The van der Waals surface area contributed by atoms with E-state index in [1.165, 1.54) is 0 Å². The Morgan fingerprint density at radius 3 is 2.93 bits per heavy atom. The fourth-order valence-electron chi connectivity index (χ4n) is 1.20. The molecule has 4 heteroatoms.